The predicted octanol–water partition coefficient (Wildman–Crippen LogP) is 3.56. The molecule has 0 aliphatic heterocycles. The van der Waals surface area contributed by atoms with Gasteiger partial charge in [0.05, 0.1) is 5.54 Å². The molecule has 3 heteroatoms. The summed E-state index contributed by atoms with van der Waals surface area (Å²) in [6, 6.07) is 6.83. The van der Waals surface area contributed by atoms with Crippen LogP contribution in [0.25, 0.3) is 0 Å². The van der Waals surface area contributed by atoms with Crippen LogP contribution in [-0.4, -0.2) is 11.5 Å². The first-order valence-electron chi connectivity index (χ1n) is 6.93. The minimum absolute atomic E-state index is 0.0605. The molecule has 3 rings (SSSR count). The Bertz CT molecular complexity index is 599. The normalized spacial score (nSPS) is 21.6. The van der Waals surface area contributed by atoms with Gasteiger partial charge in [-0.05, 0) is 44.4 Å². The summed E-state index contributed by atoms with van der Waals surface area (Å²) in [4.78, 5) is 4.77. The molecule has 1 aliphatic carbocycles. The second kappa shape index (κ2) is 4.73. The Kier molecular flexibility index (Phi) is 3.19. The van der Waals surface area contributed by atoms with E-state index in [0.29, 0.717) is 0 Å². The quantitative estimate of drug-likeness (QED) is 0.924. The van der Waals surface area contributed by atoms with Crippen molar-refractivity contribution in [3.63, 3.8) is 0 Å². The summed E-state index contributed by atoms with van der Waals surface area (Å²) in [6.07, 6.45) is 2.26. The summed E-state index contributed by atoms with van der Waals surface area (Å²) in [7, 11) is 0. The van der Waals surface area contributed by atoms with Gasteiger partial charge in [0.2, 0.25) is 0 Å². The standard InChI is InChI=1S/C16H20N2S/c1-4-17-16(15-18-12(3)10-19-15)8-7-13-6-5-11(2)9-14(13)16/h5-6,9-10,17H,4,7-8H2,1-3H3. The van der Waals surface area contributed by atoms with Crippen molar-refractivity contribution in [1.82, 2.24) is 10.3 Å². The topological polar surface area (TPSA) is 24.9 Å². The van der Waals surface area contributed by atoms with E-state index in [1.54, 1.807) is 11.3 Å². The minimum Gasteiger partial charge on any atom is -0.302 e. The maximum Gasteiger partial charge on any atom is 0.118 e. The first-order valence-corrected chi connectivity index (χ1v) is 7.81. The molecular formula is C16H20N2S. The van der Waals surface area contributed by atoms with Gasteiger partial charge in [-0.25, -0.2) is 4.98 Å². The number of rotatable bonds is 3. The monoisotopic (exact) mass is 272 g/mol. The lowest BCUT2D eigenvalue weighted by Gasteiger charge is -2.29. The lowest BCUT2D eigenvalue weighted by molar-refractivity contribution is 0.407. The van der Waals surface area contributed by atoms with Gasteiger partial charge in [-0.1, -0.05) is 30.7 Å². The van der Waals surface area contributed by atoms with Crippen molar-refractivity contribution in [3.8, 4) is 0 Å². The smallest absolute Gasteiger partial charge is 0.118 e. The van der Waals surface area contributed by atoms with E-state index in [1.807, 2.05) is 0 Å². The maximum atomic E-state index is 4.77. The molecule has 1 atom stereocenters. The fraction of sp³-hybridized carbons (Fsp3) is 0.438. The molecule has 0 bridgehead atoms. The second-order valence-electron chi connectivity index (χ2n) is 5.39. The average molecular weight is 272 g/mol. The third-order valence-electron chi connectivity index (χ3n) is 3.96. The Morgan fingerprint density at radius 3 is 2.89 bits per heavy atom. The van der Waals surface area contributed by atoms with Crippen LogP contribution in [0.3, 0.4) is 0 Å². The van der Waals surface area contributed by atoms with Crippen molar-refractivity contribution in [2.75, 3.05) is 6.54 Å². The Hall–Kier alpha value is -1.19. The number of hydrogen-bond acceptors (Lipinski definition) is 3. The van der Waals surface area contributed by atoms with Gasteiger partial charge < -0.3 is 5.32 Å². The molecule has 0 amide bonds. The van der Waals surface area contributed by atoms with Gasteiger partial charge in [-0.15, -0.1) is 11.3 Å². The zero-order chi connectivity index (χ0) is 13.5. The van der Waals surface area contributed by atoms with E-state index in [9.17, 15) is 0 Å². The van der Waals surface area contributed by atoms with Crippen LogP contribution >= 0.6 is 11.3 Å². The largest absolute Gasteiger partial charge is 0.302 e. The van der Waals surface area contributed by atoms with Crippen molar-refractivity contribution in [2.45, 2.75) is 39.2 Å². The van der Waals surface area contributed by atoms with Gasteiger partial charge >= 0.3 is 0 Å². The predicted molar refractivity (Wildman–Crippen MR) is 80.8 cm³/mol. The molecule has 0 spiro atoms. The van der Waals surface area contributed by atoms with Crippen LogP contribution in [0.5, 0.6) is 0 Å². The molecule has 19 heavy (non-hydrogen) atoms. The summed E-state index contributed by atoms with van der Waals surface area (Å²) in [5.41, 5.74) is 5.30. The van der Waals surface area contributed by atoms with E-state index in [4.69, 9.17) is 4.98 Å². The van der Waals surface area contributed by atoms with E-state index in [1.165, 1.54) is 21.7 Å². The van der Waals surface area contributed by atoms with Crippen molar-refractivity contribution < 1.29 is 0 Å². The van der Waals surface area contributed by atoms with Crippen molar-refractivity contribution in [3.05, 3.63) is 51.0 Å². The van der Waals surface area contributed by atoms with E-state index < -0.39 is 0 Å². The van der Waals surface area contributed by atoms with E-state index in [2.05, 4.69) is 49.7 Å². The molecule has 1 aromatic heterocycles. The van der Waals surface area contributed by atoms with Gasteiger partial charge in [0.1, 0.15) is 5.01 Å². The Labute approximate surface area is 118 Å². The molecule has 0 radical (unpaired) electrons. The molecule has 0 saturated carbocycles. The van der Waals surface area contributed by atoms with Gasteiger partial charge in [0, 0.05) is 11.1 Å². The lowest BCUT2D eigenvalue weighted by Crippen LogP contribution is -2.41. The summed E-state index contributed by atoms with van der Waals surface area (Å²) < 4.78 is 0. The van der Waals surface area contributed by atoms with Crippen molar-refractivity contribution in [2.24, 2.45) is 0 Å². The number of hydrogen-bond donors (Lipinski definition) is 1. The highest BCUT2D eigenvalue weighted by atomic mass is 32.1. The fourth-order valence-corrected chi connectivity index (χ4v) is 4.11. The zero-order valence-corrected chi connectivity index (χ0v) is 12.6. The maximum absolute atomic E-state index is 4.77. The molecule has 2 aromatic rings. The molecule has 1 aromatic carbocycles. The molecule has 100 valence electrons. The fourth-order valence-electron chi connectivity index (χ4n) is 3.10. The zero-order valence-electron chi connectivity index (χ0n) is 11.8. The summed E-state index contributed by atoms with van der Waals surface area (Å²) in [5.74, 6) is 0. The summed E-state index contributed by atoms with van der Waals surface area (Å²) in [6.45, 7) is 7.39. The number of nitrogens with zero attached hydrogens (tertiary/aromatic N) is 1. The third kappa shape index (κ3) is 2.01. The molecular weight excluding hydrogens is 252 g/mol. The number of nitrogens with one attached hydrogen (secondary N) is 1. The Morgan fingerprint density at radius 1 is 1.37 bits per heavy atom. The average Bonchev–Trinajstić information content (AvgIpc) is 2.96. The van der Waals surface area contributed by atoms with E-state index in [-0.39, 0.29) is 5.54 Å². The molecule has 0 saturated heterocycles. The van der Waals surface area contributed by atoms with Crippen molar-refractivity contribution in [1.29, 1.82) is 0 Å². The first-order chi connectivity index (χ1) is 9.15. The number of thiazole rings is 1. The second-order valence-corrected chi connectivity index (χ2v) is 6.25. The highest BCUT2D eigenvalue weighted by molar-refractivity contribution is 7.09. The Balaban J connectivity index is 2.17. The van der Waals surface area contributed by atoms with E-state index >= 15 is 0 Å². The van der Waals surface area contributed by atoms with Gasteiger partial charge in [0.25, 0.3) is 0 Å². The van der Waals surface area contributed by atoms with Gasteiger partial charge in [-0.2, -0.15) is 0 Å². The van der Waals surface area contributed by atoms with E-state index in [0.717, 1.165) is 25.1 Å². The third-order valence-corrected chi connectivity index (χ3v) is 5.08. The van der Waals surface area contributed by atoms with Gasteiger partial charge in [0.15, 0.2) is 0 Å². The summed E-state index contributed by atoms with van der Waals surface area (Å²) >= 11 is 1.78. The number of fused-ring (bicyclic) bond motifs is 1. The molecule has 2 nitrogen and oxygen atoms in total. The van der Waals surface area contributed by atoms with Gasteiger partial charge in [-0.3, -0.25) is 0 Å². The Morgan fingerprint density at radius 2 is 2.21 bits per heavy atom. The minimum atomic E-state index is -0.0605. The van der Waals surface area contributed by atoms with Crippen LogP contribution in [0, 0.1) is 13.8 Å². The molecule has 1 heterocycles. The van der Waals surface area contributed by atoms with Crippen LogP contribution in [0.4, 0.5) is 0 Å². The van der Waals surface area contributed by atoms with Crippen molar-refractivity contribution >= 4 is 11.3 Å². The lowest BCUT2D eigenvalue weighted by atomic mass is 9.91. The van der Waals surface area contributed by atoms with Crippen LogP contribution in [0.2, 0.25) is 0 Å². The summed E-state index contributed by atoms with van der Waals surface area (Å²) in [5, 5.41) is 7.09. The molecule has 0 fully saturated rings. The van der Waals surface area contributed by atoms with Crippen LogP contribution in [0.15, 0.2) is 23.6 Å². The van der Waals surface area contributed by atoms with Crippen LogP contribution in [-0.2, 0) is 12.0 Å². The number of aryl methyl sites for hydroxylation is 3. The highest BCUT2D eigenvalue weighted by Crippen LogP contribution is 2.43. The molecule has 1 unspecified atom stereocenters. The number of benzene rings is 1. The number of aromatic nitrogens is 1. The van der Waals surface area contributed by atoms with Crippen LogP contribution < -0.4 is 5.32 Å². The van der Waals surface area contributed by atoms with Crippen LogP contribution in [0.1, 0.15) is 40.7 Å². The SMILES string of the molecule is CCNC1(c2nc(C)cs2)CCc2ccc(C)cc21. The molecule has 1 aliphatic rings. The molecule has 1 N–H and O–H groups in total. The first kappa shape index (κ1) is 12.8. The highest BCUT2D eigenvalue weighted by Gasteiger charge is 2.41.